The van der Waals surface area contributed by atoms with Crippen LogP contribution in [-0.2, 0) is 0 Å². The van der Waals surface area contributed by atoms with Crippen LogP contribution in [-0.4, -0.2) is 18.8 Å². The van der Waals surface area contributed by atoms with E-state index in [4.69, 9.17) is 0 Å². The predicted molar refractivity (Wildman–Crippen MR) is 69.4 cm³/mol. The zero-order chi connectivity index (χ0) is 12.0. The van der Waals surface area contributed by atoms with E-state index in [1.54, 1.807) is 17.8 Å². The van der Waals surface area contributed by atoms with Crippen molar-refractivity contribution in [3.63, 3.8) is 0 Å². The molecule has 1 rings (SSSR count). The normalized spacial score (nSPS) is 14.8. The monoisotopic (exact) mass is 241 g/mol. The summed E-state index contributed by atoms with van der Waals surface area (Å²) >= 11 is 1.59. The van der Waals surface area contributed by atoms with Gasteiger partial charge < -0.3 is 5.32 Å². The number of thioether (sulfide) groups is 1. The molecule has 0 bridgehead atoms. The minimum atomic E-state index is -0.119. The fraction of sp³-hybridized carbons (Fsp3) is 0.538. The number of hydrogen-bond acceptors (Lipinski definition) is 2. The van der Waals surface area contributed by atoms with Crippen molar-refractivity contribution in [3.8, 4) is 0 Å². The van der Waals surface area contributed by atoms with E-state index in [1.807, 2.05) is 19.2 Å². The van der Waals surface area contributed by atoms with Gasteiger partial charge in [0.15, 0.2) is 0 Å². The summed E-state index contributed by atoms with van der Waals surface area (Å²) in [6.45, 7) is 4.41. The van der Waals surface area contributed by atoms with E-state index < -0.39 is 0 Å². The van der Waals surface area contributed by atoms with Crippen molar-refractivity contribution in [2.24, 2.45) is 5.92 Å². The van der Waals surface area contributed by atoms with Crippen molar-refractivity contribution in [1.82, 2.24) is 5.32 Å². The van der Waals surface area contributed by atoms with Crippen molar-refractivity contribution < 1.29 is 4.39 Å². The lowest BCUT2D eigenvalue weighted by Gasteiger charge is -2.22. The minimum absolute atomic E-state index is 0.119. The van der Waals surface area contributed by atoms with Crippen LogP contribution in [0.4, 0.5) is 4.39 Å². The Hall–Kier alpha value is -0.540. The van der Waals surface area contributed by atoms with Crippen molar-refractivity contribution in [3.05, 3.63) is 30.1 Å². The van der Waals surface area contributed by atoms with Gasteiger partial charge in [-0.3, -0.25) is 0 Å². The first-order valence-corrected chi connectivity index (χ1v) is 6.72. The van der Waals surface area contributed by atoms with Crippen LogP contribution in [0.3, 0.4) is 0 Å². The fourth-order valence-corrected chi connectivity index (χ4v) is 2.79. The lowest BCUT2D eigenvalue weighted by molar-refractivity contribution is 0.420. The molecule has 0 aliphatic carbocycles. The Morgan fingerprint density at radius 1 is 1.38 bits per heavy atom. The van der Waals surface area contributed by atoms with Gasteiger partial charge in [0, 0.05) is 16.7 Å². The van der Waals surface area contributed by atoms with Crippen LogP contribution in [0.15, 0.2) is 29.2 Å². The van der Waals surface area contributed by atoms with Crippen LogP contribution < -0.4 is 5.32 Å². The van der Waals surface area contributed by atoms with Gasteiger partial charge in [-0.15, -0.1) is 11.8 Å². The summed E-state index contributed by atoms with van der Waals surface area (Å²) in [5.74, 6) is 1.41. The molecule has 0 aromatic heterocycles. The molecule has 1 nitrogen and oxygen atoms in total. The zero-order valence-electron chi connectivity index (χ0n) is 10.2. The van der Waals surface area contributed by atoms with E-state index in [1.165, 1.54) is 6.07 Å². The van der Waals surface area contributed by atoms with Gasteiger partial charge in [0.05, 0.1) is 0 Å². The van der Waals surface area contributed by atoms with Gasteiger partial charge in [0.25, 0.3) is 0 Å². The van der Waals surface area contributed by atoms with E-state index in [-0.39, 0.29) is 5.82 Å². The molecule has 0 aliphatic rings. The average Bonchev–Trinajstić information content (AvgIpc) is 2.31. The van der Waals surface area contributed by atoms with Gasteiger partial charge in [0.1, 0.15) is 5.82 Å². The lowest BCUT2D eigenvalue weighted by atomic mass is 10.0. The molecule has 0 spiro atoms. The van der Waals surface area contributed by atoms with Gasteiger partial charge in [-0.2, -0.15) is 0 Å². The topological polar surface area (TPSA) is 12.0 Å². The van der Waals surface area contributed by atoms with Crippen LogP contribution in [0.25, 0.3) is 0 Å². The summed E-state index contributed by atoms with van der Waals surface area (Å²) in [4.78, 5) is 0.742. The molecule has 0 saturated carbocycles. The predicted octanol–water partition coefficient (Wildman–Crippen LogP) is 3.55. The highest BCUT2D eigenvalue weighted by molar-refractivity contribution is 7.99. The summed E-state index contributed by atoms with van der Waals surface area (Å²) in [6.07, 6.45) is 1.14. The van der Waals surface area contributed by atoms with Crippen LogP contribution in [0.2, 0.25) is 0 Å². The SMILES string of the molecule is CCC(C)C(CSc1ccccc1F)NC. The molecule has 0 radical (unpaired) electrons. The molecule has 2 unspecified atom stereocenters. The highest BCUT2D eigenvalue weighted by atomic mass is 32.2. The van der Waals surface area contributed by atoms with Gasteiger partial charge >= 0.3 is 0 Å². The molecular weight excluding hydrogens is 221 g/mol. The van der Waals surface area contributed by atoms with E-state index in [0.29, 0.717) is 12.0 Å². The first kappa shape index (κ1) is 13.5. The molecule has 2 atom stereocenters. The van der Waals surface area contributed by atoms with Crippen LogP contribution >= 0.6 is 11.8 Å². The number of rotatable bonds is 6. The van der Waals surface area contributed by atoms with Crippen LogP contribution in [0.1, 0.15) is 20.3 Å². The Morgan fingerprint density at radius 2 is 2.06 bits per heavy atom. The molecule has 0 heterocycles. The van der Waals surface area contributed by atoms with E-state index in [9.17, 15) is 4.39 Å². The molecule has 16 heavy (non-hydrogen) atoms. The van der Waals surface area contributed by atoms with Gasteiger partial charge in [-0.05, 0) is 25.1 Å². The Bertz CT molecular complexity index is 317. The van der Waals surface area contributed by atoms with Crippen LogP contribution in [0, 0.1) is 11.7 Å². The molecule has 1 aromatic carbocycles. The van der Waals surface area contributed by atoms with Gasteiger partial charge in [0.2, 0.25) is 0 Å². The maximum atomic E-state index is 13.4. The summed E-state index contributed by atoms with van der Waals surface area (Å²) in [7, 11) is 1.97. The quantitative estimate of drug-likeness (QED) is 0.764. The van der Waals surface area contributed by atoms with Gasteiger partial charge in [-0.1, -0.05) is 32.4 Å². The smallest absolute Gasteiger partial charge is 0.136 e. The molecule has 0 fully saturated rings. The Kier molecular flexibility index (Phi) is 5.85. The maximum Gasteiger partial charge on any atom is 0.136 e. The Balaban J connectivity index is 2.53. The van der Waals surface area contributed by atoms with E-state index in [0.717, 1.165) is 17.1 Å². The molecule has 1 N–H and O–H groups in total. The number of benzene rings is 1. The second-order valence-corrected chi connectivity index (χ2v) is 5.08. The highest BCUT2D eigenvalue weighted by Crippen LogP contribution is 2.24. The van der Waals surface area contributed by atoms with E-state index >= 15 is 0 Å². The van der Waals surface area contributed by atoms with Gasteiger partial charge in [-0.25, -0.2) is 4.39 Å². The number of nitrogens with one attached hydrogen (secondary N) is 1. The minimum Gasteiger partial charge on any atom is -0.316 e. The van der Waals surface area contributed by atoms with Crippen LogP contribution in [0.5, 0.6) is 0 Å². The van der Waals surface area contributed by atoms with Crippen molar-refractivity contribution in [2.45, 2.75) is 31.2 Å². The Morgan fingerprint density at radius 3 is 2.62 bits per heavy atom. The summed E-state index contributed by atoms with van der Waals surface area (Å²) < 4.78 is 13.4. The molecule has 3 heteroatoms. The molecule has 90 valence electrons. The molecule has 0 aliphatic heterocycles. The van der Waals surface area contributed by atoms with E-state index in [2.05, 4.69) is 19.2 Å². The summed E-state index contributed by atoms with van der Waals surface area (Å²) in [5, 5.41) is 3.30. The second kappa shape index (κ2) is 6.92. The molecular formula is C13H20FNS. The average molecular weight is 241 g/mol. The lowest BCUT2D eigenvalue weighted by Crippen LogP contribution is -2.34. The maximum absolute atomic E-state index is 13.4. The molecule has 0 saturated heterocycles. The fourth-order valence-electron chi connectivity index (χ4n) is 1.56. The first-order valence-electron chi connectivity index (χ1n) is 5.73. The molecule has 0 amide bonds. The zero-order valence-corrected chi connectivity index (χ0v) is 11.0. The first-order chi connectivity index (χ1) is 7.69. The van der Waals surface area contributed by atoms with Crippen molar-refractivity contribution in [1.29, 1.82) is 0 Å². The Labute approximate surface area is 102 Å². The highest BCUT2D eigenvalue weighted by Gasteiger charge is 2.14. The van der Waals surface area contributed by atoms with Crippen molar-refractivity contribution in [2.75, 3.05) is 12.8 Å². The second-order valence-electron chi connectivity index (χ2n) is 4.02. The third-order valence-corrected chi connectivity index (χ3v) is 4.12. The molecule has 1 aromatic rings. The summed E-state index contributed by atoms with van der Waals surface area (Å²) in [6, 6.07) is 7.39. The largest absolute Gasteiger partial charge is 0.316 e. The third kappa shape index (κ3) is 3.80. The third-order valence-electron chi connectivity index (χ3n) is 2.96. The summed E-state index contributed by atoms with van der Waals surface area (Å²) in [5.41, 5.74) is 0. The standard InChI is InChI=1S/C13H20FNS/c1-4-10(2)12(15-3)9-16-13-8-6-5-7-11(13)14/h5-8,10,12,15H,4,9H2,1-3H3. The van der Waals surface area contributed by atoms with Crippen molar-refractivity contribution >= 4 is 11.8 Å². The number of halogens is 1. The number of hydrogen-bond donors (Lipinski definition) is 1.